The van der Waals surface area contributed by atoms with E-state index in [1.807, 2.05) is 84.9 Å². The highest BCUT2D eigenvalue weighted by molar-refractivity contribution is 6.06. The standard InChI is InChI=1S/C37H28N2O4/c1-37(2,25-42-35(40)31(23-38)33(27-15-7-3-8-16-27)28-17-9-4-10-18-28)26-43-36(41)32(24-39)34(29-19-11-5-12-20-29)30-21-13-6-14-22-30/h3-22H,1-2,25-26H2. The van der Waals surface area contributed by atoms with E-state index in [0.717, 1.165) is 0 Å². The quantitative estimate of drug-likeness (QED) is 0.120. The molecule has 4 aromatic rings. The van der Waals surface area contributed by atoms with Crippen LogP contribution in [0.1, 0.15) is 22.3 Å². The fourth-order valence-corrected chi connectivity index (χ4v) is 4.36. The normalized spacial score (nSPS) is 10.4. The van der Waals surface area contributed by atoms with Crippen LogP contribution < -0.4 is 0 Å². The van der Waals surface area contributed by atoms with Crippen molar-refractivity contribution in [1.29, 1.82) is 10.5 Å². The Bertz CT molecular complexity index is 1500. The second-order valence-electron chi connectivity index (χ2n) is 9.84. The summed E-state index contributed by atoms with van der Waals surface area (Å²) in [6.07, 6.45) is 0. The Morgan fingerprint density at radius 3 is 1.02 bits per heavy atom. The van der Waals surface area contributed by atoms with Crippen LogP contribution in [0.5, 0.6) is 0 Å². The van der Waals surface area contributed by atoms with Crippen molar-refractivity contribution >= 4 is 23.1 Å². The highest BCUT2D eigenvalue weighted by atomic mass is 16.5. The molecule has 0 aliphatic heterocycles. The van der Waals surface area contributed by atoms with Crippen molar-refractivity contribution in [3.8, 4) is 12.1 Å². The molecule has 210 valence electrons. The lowest BCUT2D eigenvalue weighted by Crippen LogP contribution is -2.30. The summed E-state index contributed by atoms with van der Waals surface area (Å²) in [7, 11) is 0. The maximum atomic E-state index is 13.2. The Balaban J connectivity index is 1.53. The zero-order chi connectivity index (χ0) is 30.7. The summed E-state index contributed by atoms with van der Waals surface area (Å²) in [5, 5.41) is 20.0. The van der Waals surface area contributed by atoms with Crippen molar-refractivity contribution in [2.24, 2.45) is 5.41 Å². The predicted molar refractivity (Wildman–Crippen MR) is 164 cm³/mol. The second kappa shape index (κ2) is 14.3. The molecule has 4 rings (SSSR count). The molecule has 0 fully saturated rings. The van der Waals surface area contributed by atoms with E-state index in [-0.39, 0.29) is 24.4 Å². The first-order valence-corrected chi connectivity index (χ1v) is 13.4. The number of carbonyl (C=O) groups is 2. The third-order valence-electron chi connectivity index (χ3n) is 6.40. The molecule has 0 aliphatic carbocycles. The Morgan fingerprint density at radius 1 is 0.535 bits per heavy atom. The third kappa shape index (κ3) is 7.73. The number of rotatable bonds is 10. The maximum Gasteiger partial charge on any atom is 0.349 e. The molecule has 43 heavy (non-hydrogen) atoms. The highest BCUT2D eigenvalue weighted by Crippen LogP contribution is 2.29. The molecule has 0 saturated carbocycles. The molecular weight excluding hydrogens is 536 g/mol. The number of hydrogen-bond donors (Lipinski definition) is 0. The predicted octanol–water partition coefficient (Wildman–Crippen LogP) is 6.78. The fraction of sp³-hybridized carbons (Fsp3) is 0.0811. The van der Waals surface area contributed by atoms with Crippen LogP contribution in [0.15, 0.2) is 132 Å². The Kier molecular flexibility index (Phi) is 10.0. The van der Waals surface area contributed by atoms with Gasteiger partial charge in [0.25, 0.3) is 0 Å². The molecular formula is C37H28N2O4. The highest BCUT2D eigenvalue weighted by Gasteiger charge is 2.28. The van der Waals surface area contributed by atoms with Crippen LogP contribution in [0.3, 0.4) is 0 Å². The summed E-state index contributed by atoms with van der Waals surface area (Å²) < 4.78 is 11.0. The number of ether oxygens (including phenoxy) is 2. The van der Waals surface area contributed by atoms with Crippen molar-refractivity contribution in [3.63, 3.8) is 0 Å². The number of nitriles is 2. The van der Waals surface area contributed by atoms with Crippen LogP contribution in [-0.4, -0.2) is 25.2 Å². The maximum absolute atomic E-state index is 13.2. The van der Waals surface area contributed by atoms with E-state index in [2.05, 4.69) is 13.8 Å². The van der Waals surface area contributed by atoms with Gasteiger partial charge in [-0.05, 0) is 36.1 Å². The summed E-state index contributed by atoms with van der Waals surface area (Å²) in [6, 6.07) is 40.3. The summed E-state index contributed by atoms with van der Waals surface area (Å²) in [5.74, 6) is -1.72. The summed E-state index contributed by atoms with van der Waals surface area (Å²) >= 11 is 0. The monoisotopic (exact) mass is 564 g/mol. The van der Waals surface area contributed by atoms with E-state index in [9.17, 15) is 20.1 Å². The number of benzene rings is 4. The molecule has 0 saturated heterocycles. The van der Waals surface area contributed by atoms with Crippen LogP contribution in [0.4, 0.5) is 0 Å². The van der Waals surface area contributed by atoms with Crippen molar-refractivity contribution < 1.29 is 19.1 Å². The lowest BCUT2D eigenvalue weighted by molar-refractivity contribution is -0.145. The van der Waals surface area contributed by atoms with Gasteiger partial charge in [-0.25, -0.2) is 9.59 Å². The Labute approximate surface area is 251 Å². The first-order valence-electron chi connectivity index (χ1n) is 13.4. The first kappa shape index (κ1) is 30.2. The van der Waals surface area contributed by atoms with Crippen LogP contribution in [-0.2, 0) is 19.1 Å². The van der Waals surface area contributed by atoms with Gasteiger partial charge < -0.3 is 9.47 Å². The van der Waals surface area contributed by atoms with E-state index >= 15 is 0 Å². The Hall–Kier alpha value is -5.72. The molecule has 0 aromatic heterocycles. The molecule has 0 N–H and O–H groups in total. The van der Waals surface area contributed by atoms with E-state index in [1.54, 1.807) is 48.5 Å². The first-order chi connectivity index (χ1) is 20.8. The summed E-state index contributed by atoms with van der Waals surface area (Å²) in [4.78, 5) is 26.4. The summed E-state index contributed by atoms with van der Waals surface area (Å²) in [6.45, 7) is 7.19. The number of hydrogen-bond acceptors (Lipinski definition) is 6. The van der Waals surface area contributed by atoms with Gasteiger partial charge in [0.05, 0.1) is 0 Å². The topological polar surface area (TPSA) is 100 Å². The average molecular weight is 565 g/mol. The molecule has 0 amide bonds. The molecule has 0 heterocycles. The number of nitrogens with zero attached hydrogens (tertiary/aromatic N) is 2. The lowest BCUT2D eigenvalue weighted by Gasteiger charge is -2.23. The minimum atomic E-state index is -1.31. The summed E-state index contributed by atoms with van der Waals surface area (Å²) in [5.41, 5.74) is 1.88. The van der Waals surface area contributed by atoms with E-state index in [1.165, 1.54) is 0 Å². The minimum Gasteiger partial charge on any atom is -0.461 e. The zero-order valence-electron chi connectivity index (χ0n) is 23.4. The van der Waals surface area contributed by atoms with E-state index in [4.69, 9.17) is 9.47 Å². The number of esters is 2. The average Bonchev–Trinajstić information content (AvgIpc) is 3.05. The molecule has 0 unspecified atom stereocenters. The lowest BCUT2D eigenvalue weighted by atomic mass is 9.93. The molecule has 0 aliphatic rings. The van der Waals surface area contributed by atoms with Crippen LogP contribution >= 0.6 is 0 Å². The minimum absolute atomic E-state index is 0.185. The van der Waals surface area contributed by atoms with Gasteiger partial charge in [-0.3, -0.25) is 0 Å². The van der Waals surface area contributed by atoms with Crippen molar-refractivity contribution in [1.82, 2.24) is 0 Å². The molecule has 6 nitrogen and oxygen atoms in total. The molecule has 2 radical (unpaired) electrons. The smallest absolute Gasteiger partial charge is 0.349 e. The van der Waals surface area contributed by atoms with E-state index < -0.39 is 17.4 Å². The van der Waals surface area contributed by atoms with Gasteiger partial charge in [-0.1, -0.05) is 121 Å². The molecule has 6 heteroatoms. The zero-order valence-corrected chi connectivity index (χ0v) is 23.4. The second-order valence-corrected chi connectivity index (χ2v) is 9.84. The van der Waals surface area contributed by atoms with Gasteiger partial charge >= 0.3 is 11.9 Å². The SMILES string of the molecule is [CH2]C([CH2])(COC(=O)C(C#N)=C(c1ccccc1)c1ccccc1)COC(=O)C(C#N)=C(c1ccccc1)c1ccccc1. The molecule has 0 spiro atoms. The van der Waals surface area contributed by atoms with Crippen molar-refractivity contribution in [2.75, 3.05) is 13.2 Å². The fourth-order valence-electron chi connectivity index (χ4n) is 4.36. The van der Waals surface area contributed by atoms with Gasteiger partial charge in [0, 0.05) is 16.6 Å². The van der Waals surface area contributed by atoms with Crippen molar-refractivity contribution in [2.45, 2.75) is 0 Å². The van der Waals surface area contributed by atoms with Gasteiger partial charge in [-0.2, -0.15) is 10.5 Å². The van der Waals surface area contributed by atoms with Crippen molar-refractivity contribution in [3.05, 3.63) is 169 Å². The third-order valence-corrected chi connectivity index (χ3v) is 6.40. The van der Waals surface area contributed by atoms with Gasteiger partial charge in [-0.15, -0.1) is 0 Å². The van der Waals surface area contributed by atoms with Crippen LogP contribution in [0.2, 0.25) is 0 Å². The largest absolute Gasteiger partial charge is 0.461 e. The van der Waals surface area contributed by atoms with Crippen LogP contribution in [0.25, 0.3) is 11.1 Å². The van der Waals surface area contributed by atoms with Gasteiger partial charge in [0.2, 0.25) is 0 Å². The van der Waals surface area contributed by atoms with Gasteiger partial charge in [0.1, 0.15) is 36.5 Å². The van der Waals surface area contributed by atoms with Gasteiger partial charge in [0.15, 0.2) is 0 Å². The Morgan fingerprint density at radius 2 is 0.791 bits per heavy atom. The molecule has 4 aromatic carbocycles. The van der Waals surface area contributed by atoms with Crippen LogP contribution in [0, 0.1) is 41.9 Å². The number of carbonyl (C=O) groups excluding carboxylic acids is 2. The molecule has 0 atom stereocenters. The van der Waals surface area contributed by atoms with E-state index in [0.29, 0.717) is 33.4 Å². The molecule has 0 bridgehead atoms.